The zero-order valence-electron chi connectivity index (χ0n) is 22.5. The zero-order valence-corrected chi connectivity index (χ0v) is 23.3. The van der Waals surface area contributed by atoms with E-state index in [2.05, 4.69) is 0 Å². The van der Waals surface area contributed by atoms with Crippen LogP contribution in [0.1, 0.15) is 49.8 Å². The summed E-state index contributed by atoms with van der Waals surface area (Å²) in [5, 5.41) is 0. The third-order valence-corrected chi connectivity index (χ3v) is 10.9. The molecule has 11 heteroatoms. The maximum Gasteiger partial charge on any atom is 0.426 e. The number of halogens is 5. The van der Waals surface area contributed by atoms with E-state index in [1.165, 1.54) is 24.3 Å². The highest BCUT2D eigenvalue weighted by Crippen LogP contribution is 2.52. The van der Waals surface area contributed by atoms with Crippen molar-refractivity contribution in [3.05, 3.63) is 65.0 Å². The molecule has 0 radical (unpaired) electrons. The van der Waals surface area contributed by atoms with Crippen LogP contribution in [0.15, 0.2) is 42.5 Å². The first kappa shape index (κ1) is 28.8. The molecule has 3 heterocycles. The van der Waals surface area contributed by atoms with Crippen LogP contribution in [0.3, 0.4) is 0 Å². The van der Waals surface area contributed by atoms with Crippen molar-refractivity contribution in [2.75, 3.05) is 36.0 Å². The first-order chi connectivity index (χ1) is 18.7. The fraction of sp³-hybridized carbons (Fsp3) is 0.552. The Morgan fingerprint density at radius 3 is 2.30 bits per heavy atom. The number of fused-ring (bicyclic) bond motifs is 3. The number of hydrogen-bond donors (Lipinski definition) is 0. The van der Waals surface area contributed by atoms with Gasteiger partial charge in [0.25, 0.3) is 0 Å². The molecule has 218 valence electrons. The van der Waals surface area contributed by atoms with Gasteiger partial charge >= 0.3 is 6.18 Å². The van der Waals surface area contributed by atoms with Crippen LogP contribution in [0.2, 0.25) is 0 Å². The molecule has 0 spiro atoms. The molecule has 0 aliphatic carbocycles. The summed E-state index contributed by atoms with van der Waals surface area (Å²) >= 11 is 0. The number of nitrogens with zero attached hydrogens (tertiary/aromatic N) is 2. The lowest BCUT2D eigenvalue weighted by molar-refractivity contribution is -0.228. The molecule has 2 fully saturated rings. The van der Waals surface area contributed by atoms with Crippen molar-refractivity contribution in [1.29, 1.82) is 0 Å². The van der Waals surface area contributed by atoms with E-state index < -0.39 is 44.4 Å². The van der Waals surface area contributed by atoms with Gasteiger partial charge in [0.1, 0.15) is 15.7 Å². The van der Waals surface area contributed by atoms with E-state index in [1.807, 2.05) is 16.7 Å². The number of carbonyl (C=O) groups is 1. The quantitative estimate of drug-likeness (QED) is 0.447. The first-order valence-corrected chi connectivity index (χ1v) is 15.4. The highest BCUT2D eigenvalue weighted by atomic mass is 32.2. The molecule has 3 atom stereocenters. The number of hydrogen-bond acceptors (Lipinski definition) is 4. The fourth-order valence-corrected chi connectivity index (χ4v) is 8.20. The molecule has 0 saturated carbocycles. The Kier molecular flexibility index (Phi) is 7.20. The van der Waals surface area contributed by atoms with E-state index in [9.17, 15) is 30.8 Å². The van der Waals surface area contributed by atoms with Crippen molar-refractivity contribution >= 4 is 21.4 Å². The molecule has 2 aromatic rings. The van der Waals surface area contributed by atoms with Gasteiger partial charge in [-0.3, -0.25) is 4.79 Å². The number of alkyl halides is 4. The fourth-order valence-electron chi connectivity index (χ4n) is 6.71. The topological polar surface area (TPSA) is 57.7 Å². The van der Waals surface area contributed by atoms with Gasteiger partial charge < -0.3 is 9.80 Å². The number of anilines is 1. The van der Waals surface area contributed by atoms with Gasteiger partial charge in [-0.2, -0.15) is 13.2 Å². The number of sulfone groups is 1. The van der Waals surface area contributed by atoms with Gasteiger partial charge in [0.05, 0.1) is 17.5 Å². The average molecular weight is 585 g/mol. The molecule has 1 amide bonds. The van der Waals surface area contributed by atoms with Gasteiger partial charge in [-0.1, -0.05) is 24.3 Å². The SMILES string of the molecule is CCN1CC2N(C(=O)C3CCS(=O)(=O)CC3)CCC2(Cc2ccc(F)cc2)c2ccc(C(C)(F)C(F)(F)F)cc21. The van der Waals surface area contributed by atoms with Crippen molar-refractivity contribution in [2.24, 2.45) is 5.92 Å². The lowest BCUT2D eigenvalue weighted by Gasteiger charge is -2.49. The largest absolute Gasteiger partial charge is 0.426 e. The van der Waals surface area contributed by atoms with Crippen LogP contribution in [0.25, 0.3) is 0 Å². The normalized spacial score (nSPS) is 26.2. The van der Waals surface area contributed by atoms with E-state index >= 15 is 4.39 Å². The van der Waals surface area contributed by atoms with Crippen molar-refractivity contribution in [1.82, 2.24) is 4.90 Å². The summed E-state index contributed by atoms with van der Waals surface area (Å²) in [5.41, 5.74) is -2.67. The molecule has 0 bridgehead atoms. The molecule has 2 aromatic carbocycles. The molecule has 3 unspecified atom stereocenters. The van der Waals surface area contributed by atoms with E-state index in [0.29, 0.717) is 45.1 Å². The number of benzene rings is 2. The van der Waals surface area contributed by atoms with Gasteiger partial charge in [0.15, 0.2) is 0 Å². The number of amides is 1. The van der Waals surface area contributed by atoms with Crippen molar-refractivity contribution < 1.29 is 35.2 Å². The van der Waals surface area contributed by atoms with Crippen molar-refractivity contribution in [3.8, 4) is 0 Å². The van der Waals surface area contributed by atoms with Crippen molar-refractivity contribution in [3.63, 3.8) is 0 Å². The zero-order chi connectivity index (χ0) is 29.1. The van der Waals surface area contributed by atoms with Crippen LogP contribution in [-0.4, -0.2) is 62.6 Å². The molecule has 2 saturated heterocycles. The standard InChI is InChI=1S/C29H33F5N2O3S/c1-3-35-18-25-28(17-19-4-7-22(30)8-5-19,12-13-36(25)26(37)20-10-14-40(38,39)15-11-20)23-9-6-21(16-24(23)35)27(2,31)29(32,33)34/h4-9,16,20,25H,3,10-15,17-18H2,1-2H3. The number of likely N-dealkylation sites (N-methyl/N-ethyl adjacent to an activating group) is 1. The minimum absolute atomic E-state index is 0.0312. The Bertz CT molecular complexity index is 1380. The number of carbonyl (C=O) groups excluding carboxylic acids is 1. The predicted molar refractivity (Wildman–Crippen MR) is 142 cm³/mol. The van der Waals surface area contributed by atoms with Gasteiger partial charge in [-0.15, -0.1) is 0 Å². The van der Waals surface area contributed by atoms with E-state index in [1.54, 1.807) is 18.2 Å². The van der Waals surface area contributed by atoms with Crippen LogP contribution < -0.4 is 4.90 Å². The maximum absolute atomic E-state index is 15.0. The molecule has 0 aromatic heterocycles. The Hall–Kier alpha value is -2.69. The van der Waals surface area contributed by atoms with E-state index in [0.717, 1.165) is 11.1 Å². The summed E-state index contributed by atoms with van der Waals surface area (Å²) in [6, 6.07) is 9.72. The first-order valence-electron chi connectivity index (χ1n) is 13.6. The van der Waals surface area contributed by atoms with Crippen LogP contribution in [0, 0.1) is 11.7 Å². The summed E-state index contributed by atoms with van der Waals surface area (Å²) in [6.07, 6.45) is -3.64. The Labute approximate surface area is 231 Å². The molecule has 5 nitrogen and oxygen atoms in total. The average Bonchev–Trinajstić information content (AvgIpc) is 3.27. The smallest absolute Gasteiger partial charge is 0.369 e. The molecule has 3 aliphatic rings. The summed E-state index contributed by atoms with van der Waals surface area (Å²) in [4.78, 5) is 17.5. The highest BCUT2D eigenvalue weighted by Gasteiger charge is 2.57. The van der Waals surface area contributed by atoms with Gasteiger partial charge in [0, 0.05) is 42.2 Å². The second-order valence-electron chi connectivity index (χ2n) is 11.5. The summed E-state index contributed by atoms with van der Waals surface area (Å²) in [7, 11) is -3.15. The van der Waals surface area contributed by atoms with Gasteiger partial charge in [-0.25, -0.2) is 17.2 Å². The van der Waals surface area contributed by atoms with Crippen LogP contribution >= 0.6 is 0 Å². The number of likely N-dealkylation sites (tertiary alicyclic amines) is 1. The maximum atomic E-state index is 15.0. The second-order valence-corrected chi connectivity index (χ2v) is 13.8. The summed E-state index contributed by atoms with van der Waals surface area (Å²) in [6.45, 7) is 3.54. The third kappa shape index (κ3) is 4.88. The molecule has 3 aliphatic heterocycles. The molecular formula is C29H33F5N2O3S. The Balaban J connectivity index is 1.59. The monoisotopic (exact) mass is 584 g/mol. The second kappa shape index (κ2) is 9.99. The van der Waals surface area contributed by atoms with E-state index in [-0.39, 0.29) is 36.3 Å². The molecule has 0 N–H and O–H groups in total. The van der Waals surface area contributed by atoms with E-state index in [4.69, 9.17) is 0 Å². The lowest BCUT2D eigenvalue weighted by Crippen LogP contribution is -2.57. The Morgan fingerprint density at radius 2 is 1.70 bits per heavy atom. The van der Waals surface area contributed by atoms with Gasteiger partial charge in [-0.05, 0) is 68.9 Å². The molecule has 40 heavy (non-hydrogen) atoms. The van der Waals surface area contributed by atoms with Crippen LogP contribution in [0.4, 0.5) is 27.6 Å². The summed E-state index contributed by atoms with van der Waals surface area (Å²) in [5.74, 6) is -0.977. The summed E-state index contributed by atoms with van der Waals surface area (Å²) < 4.78 is 93.5. The Morgan fingerprint density at radius 1 is 1.05 bits per heavy atom. The van der Waals surface area contributed by atoms with Crippen LogP contribution in [0.5, 0.6) is 0 Å². The molecule has 5 rings (SSSR count). The molecular weight excluding hydrogens is 551 g/mol. The predicted octanol–water partition coefficient (Wildman–Crippen LogP) is 5.32. The van der Waals surface area contributed by atoms with Crippen molar-refractivity contribution in [2.45, 2.75) is 62.8 Å². The lowest BCUT2D eigenvalue weighted by atomic mass is 9.66. The highest BCUT2D eigenvalue weighted by molar-refractivity contribution is 7.91. The number of rotatable bonds is 5. The third-order valence-electron chi connectivity index (χ3n) is 9.16. The minimum Gasteiger partial charge on any atom is -0.369 e. The van der Waals surface area contributed by atoms with Gasteiger partial charge in [0.2, 0.25) is 11.6 Å². The minimum atomic E-state index is -5.09. The van der Waals surface area contributed by atoms with Crippen LogP contribution in [-0.2, 0) is 32.1 Å².